The maximum Gasteiger partial charge on any atom is 0.246 e. The highest BCUT2D eigenvalue weighted by Crippen LogP contribution is 1.99. The van der Waals surface area contributed by atoms with Crippen LogP contribution in [-0.2, 0) is 9.63 Å². The zero-order chi connectivity index (χ0) is 9.56. The summed E-state index contributed by atoms with van der Waals surface area (Å²) in [5.41, 5.74) is 3.25. The van der Waals surface area contributed by atoms with Crippen molar-refractivity contribution in [1.82, 2.24) is 5.48 Å². The summed E-state index contributed by atoms with van der Waals surface area (Å²) in [4.78, 5) is 16.0. The van der Waals surface area contributed by atoms with Gasteiger partial charge in [-0.15, -0.1) is 0 Å². The van der Waals surface area contributed by atoms with Crippen molar-refractivity contribution in [1.29, 1.82) is 0 Å². The summed E-state index contributed by atoms with van der Waals surface area (Å²) in [5, 5.41) is 0. The van der Waals surface area contributed by atoms with Crippen LogP contribution in [0.2, 0.25) is 0 Å². The van der Waals surface area contributed by atoms with E-state index in [-0.39, 0.29) is 11.8 Å². The second-order valence-corrected chi connectivity index (χ2v) is 3.02. The maximum atomic E-state index is 11.1. The van der Waals surface area contributed by atoms with E-state index in [2.05, 4.69) is 12.1 Å². The van der Waals surface area contributed by atoms with Crippen molar-refractivity contribution < 1.29 is 9.63 Å². The fourth-order valence-corrected chi connectivity index (χ4v) is 0.516. The van der Waals surface area contributed by atoms with E-state index in [0.29, 0.717) is 6.61 Å². The summed E-state index contributed by atoms with van der Waals surface area (Å²) < 4.78 is 0. The Labute approximate surface area is 73.7 Å². The molecule has 3 heteroatoms. The Bertz CT molecular complexity index is 166. The highest BCUT2D eigenvalue weighted by molar-refractivity contribution is 5.77. The van der Waals surface area contributed by atoms with Crippen molar-refractivity contribution in [3.63, 3.8) is 0 Å². The minimum atomic E-state index is -0.0706. The summed E-state index contributed by atoms with van der Waals surface area (Å²) in [6.07, 6.45) is 0.822. The zero-order valence-corrected chi connectivity index (χ0v) is 8.02. The molecule has 0 aliphatic rings. The van der Waals surface area contributed by atoms with Crippen LogP contribution in [0.3, 0.4) is 0 Å². The average Bonchev–Trinajstić information content (AvgIpc) is 2.02. The molecule has 1 N–H and O–H groups in total. The quantitative estimate of drug-likeness (QED) is 0.504. The van der Waals surface area contributed by atoms with Gasteiger partial charge in [0.25, 0.3) is 0 Å². The number of carbonyl (C=O) groups excluding carboxylic acids is 1. The minimum absolute atomic E-state index is 0.00937. The largest absolute Gasteiger partial charge is 0.273 e. The molecule has 0 aromatic heterocycles. The van der Waals surface area contributed by atoms with Crippen LogP contribution >= 0.6 is 0 Å². The van der Waals surface area contributed by atoms with E-state index in [1.807, 2.05) is 20.8 Å². The lowest BCUT2D eigenvalue weighted by Gasteiger charge is -2.09. The number of hydrogen-bond acceptors (Lipinski definition) is 2. The molecule has 0 radical (unpaired) electrons. The average molecular weight is 171 g/mol. The first-order chi connectivity index (χ1) is 5.57. The van der Waals surface area contributed by atoms with Crippen LogP contribution in [0, 0.1) is 5.92 Å². The molecule has 0 bridgehead atoms. The monoisotopic (exact) mass is 171 g/mol. The summed E-state index contributed by atoms with van der Waals surface area (Å²) in [7, 11) is 0. The molecule has 0 aromatic carbocycles. The predicted octanol–water partition coefficient (Wildman–Crippen LogP) is 1.66. The van der Waals surface area contributed by atoms with Crippen LogP contribution < -0.4 is 5.48 Å². The Morgan fingerprint density at radius 1 is 1.67 bits per heavy atom. The molecule has 0 aliphatic carbocycles. The second kappa shape index (κ2) is 5.77. The standard InChI is InChI=1S/C9H17NO2/c1-5-8(4)9(11)10-12-6-7(2)3/h8H,2,5-6H2,1,3-4H3,(H,10,11). The van der Waals surface area contributed by atoms with Crippen LogP contribution in [0.4, 0.5) is 0 Å². The fraction of sp³-hybridized carbons (Fsp3) is 0.667. The summed E-state index contributed by atoms with van der Waals surface area (Å²) >= 11 is 0. The van der Waals surface area contributed by atoms with Gasteiger partial charge >= 0.3 is 0 Å². The Morgan fingerprint density at radius 3 is 2.67 bits per heavy atom. The summed E-state index contributed by atoms with van der Waals surface area (Å²) in [5.74, 6) is -0.0612. The molecule has 12 heavy (non-hydrogen) atoms. The van der Waals surface area contributed by atoms with Gasteiger partial charge in [-0.05, 0) is 13.3 Å². The molecule has 1 amide bonds. The minimum Gasteiger partial charge on any atom is -0.273 e. The lowest BCUT2D eigenvalue weighted by atomic mass is 10.1. The Morgan fingerprint density at radius 2 is 2.25 bits per heavy atom. The zero-order valence-electron chi connectivity index (χ0n) is 8.02. The van der Waals surface area contributed by atoms with Crippen LogP contribution in [0.1, 0.15) is 27.2 Å². The van der Waals surface area contributed by atoms with Crippen molar-refractivity contribution >= 4 is 5.91 Å². The van der Waals surface area contributed by atoms with Gasteiger partial charge < -0.3 is 0 Å². The molecule has 70 valence electrons. The Balaban J connectivity index is 3.50. The smallest absolute Gasteiger partial charge is 0.246 e. The number of carbonyl (C=O) groups is 1. The highest BCUT2D eigenvalue weighted by atomic mass is 16.6. The van der Waals surface area contributed by atoms with Gasteiger partial charge in [0.2, 0.25) is 5.91 Å². The van der Waals surface area contributed by atoms with Crippen LogP contribution in [0.25, 0.3) is 0 Å². The summed E-state index contributed by atoms with van der Waals surface area (Å²) in [6.45, 7) is 9.68. The van der Waals surface area contributed by atoms with Crippen molar-refractivity contribution in [2.45, 2.75) is 27.2 Å². The van der Waals surface area contributed by atoms with E-state index < -0.39 is 0 Å². The fourth-order valence-electron chi connectivity index (χ4n) is 0.516. The molecule has 0 saturated carbocycles. The normalized spacial score (nSPS) is 12.2. The lowest BCUT2D eigenvalue weighted by Crippen LogP contribution is -2.29. The Kier molecular flexibility index (Phi) is 5.37. The van der Waals surface area contributed by atoms with E-state index in [9.17, 15) is 4.79 Å². The first-order valence-corrected chi connectivity index (χ1v) is 4.14. The maximum absolute atomic E-state index is 11.1. The number of hydroxylamine groups is 1. The summed E-state index contributed by atoms with van der Waals surface area (Å²) in [6, 6.07) is 0. The van der Waals surface area contributed by atoms with Crippen LogP contribution in [-0.4, -0.2) is 12.5 Å². The third-order valence-electron chi connectivity index (χ3n) is 1.55. The molecular weight excluding hydrogens is 154 g/mol. The number of nitrogens with one attached hydrogen (secondary N) is 1. The number of rotatable bonds is 5. The first kappa shape index (κ1) is 11.2. The van der Waals surface area contributed by atoms with Gasteiger partial charge in [0.05, 0.1) is 6.61 Å². The molecule has 0 aromatic rings. The molecule has 1 unspecified atom stereocenters. The van der Waals surface area contributed by atoms with E-state index in [1.165, 1.54) is 0 Å². The van der Waals surface area contributed by atoms with Crippen LogP contribution in [0.5, 0.6) is 0 Å². The number of amides is 1. The third kappa shape index (κ3) is 4.91. The highest BCUT2D eigenvalue weighted by Gasteiger charge is 2.09. The van der Waals surface area contributed by atoms with E-state index in [1.54, 1.807) is 0 Å². The van der Waals surface area contributed by atoms with Crippen molar-refractivity contribution in [2.24, 2.45) is 5.92 Å². The second-order valence-electron chi connectivity index (χ2n) is 3.02. The number of hydrogen-bond donors (Lipinski definition) is 1. The van der Waals surface area contributed by atoms with Crippen LogP contribution in [0.15, 0.2) is 12.2 Å². The van der Waals surface area contributed by atoms with Crippen molar-refractivity contribution in [2.75, 3.05) is 6.61 Å². The molecule has 1 atom stereocenters. The molecular formula is C9H17NO2. The molecule has 0 saturated heterocycles. The molecule has 0 aliphatic heterocycles. The lowest BCUT2D eigenvalue weighted by molar-refractivity contribution is -0.136. The molecule has 0 fully saturated rings. The molecule has 0 spiro atoms. The van der Waals surface area contributed by atoms with E-state index in [4.69, 9.17) is 4.84 Å². The van der Waals surface area contributed by atoms with E-state index >= 15 is 0 Å². The SMILES string of the molecule is C=C(C)CONC(=O)C(C)CC. The van der Waals surface area contributed by atoms with Gasteiger partial charge in [-0.2, -0.15) is 0 Å². The van der Waals surface area contributed by atoms with Crippen molar-refractivity contribution in [3.8, 4) is 0 Å². The van der Waals surface area contributed by atoms with Gasteiger partial charge in [0, 0.05) is 5.92 Å². The molecule has 0 heterocycles. The molecule has 0 rings (SSSR count). The topological polar surface area (TPSA) is 38.3 Å². The van der Waals surface area contributed by atoms with Gasteiger partial charge in [-0.1, -0.05) is 26.0 Å². The van der Waals surface area contributed by atoms with Gasteiger partial charge in [-0.25, -0.2) is 5.48 Å². The van der Waals surface area contributed by atoms with Gasteiger partial charge in [-0.3, -0.25) is 9.63 Å². The third-order valence-corrected chi connectivity index (χ3v) is 1.55. The van der Waals surface area contributed by atoms with Crippen molar-refractivity contribution in [3.05, 3.63) is 12.2 Å². The van der Waals surface area contributed by atoms with Gasteiger partial charge in [0.1, 0.15) is 0 Å². The Hall–Kier alpha value is -0.830. The first-order valence-electron chi connectivity index (χ1n) is 4.14. The van der Waals surface area contributed by atoms with Gasteiger partial charge in [0.15, 0.2) is 0 Å². The van der Waals surface area contributed by atoms with E-state index in [0.717, 1.165) is 12.0 Å². The predicted molar refractivity (Wildman–Crippen MR) is 48.4 cm³/mol. The molecule has 3 nitrogen and oxygen atoms in total.